The van der Waals surface area contributed by atoms with E-state index in [1.165, 1.54) is 7.06 Å². The fourth-order valence-corrected chi connectivity index (χ4v) is 7.74. The van der Waals surface area contributed by atoms with Crippen LogP contribution in [0, 0.1) is 0 Å². The zero-order valence-electron chi connectivity index (χ0n) is 29.2. The van der Waals surface area contributed by atoms with E-state index >= 15 is 0 Å². The minimum absolute atomic E-state index is 0.0817. The lowest BCUT2D eigenvalue weighted by Crippen LogP contribution is -2.77. The summed E-state index contributed by atoms with van der Waals surface area (Å²) in [6.07, 6.45) is -18.3. The van der Waals surface area contributed by atoms with Crippen LogP contribution in [0.1, 0.15) is 13.8 Å². The molecule has 1 atom stereocenters. The highest BCUT2D eigenvalue weighted by Crippen LogP contribution is 2.44. The molecule has 1 unspecified atom stereocenters. The summed E-state index contributed by atoms with van der Waals surface area (Å²) < 4.78 is 6.71. The topological polar surface area (TPSA) is 9.23 Å². The molecule has 0 aromatic heterocycles. The highest BCUT2D eigenvalue weighted by atomic mass is 16.5. The van der Waals surface area contributed by atoms with Gasteiger partial charge in [-0.25, -0.2) is 0 Å². The van der Waals surface area contributed by atoms with Gasteiger partial charge in [-0.1, -0.05) is 5.47 Å². The van der Waals surface area contributed by atoms with E-state index in [-0.39, 0.29) is 5.66 Å². The van der Waals surface area contributed by atoms with Gasteiger partial charge in [0.1, 0.15) is 6.49 Å². The second kappa shape index (κ2) is 22.1. The smallest absolute Gasteiger partial charge is 0.125 e. The van der Waals surface area contributed by atoms with E-state index in [2.05, 4.69) is 0 Å². The van der Waals surface area contributed by atoms with Crippen LogP contribution in [0.4, 0.5) is 0 Å². The van der Waals surface area contributed by atoms with Crippen LogP contribution in [-0.2, 0) is 4.74 Å². The Bertz CT molecular complexity index is 1020. The van der Waals surface area contributed by atoms with Crippen LogP contribution < -0.4 is 0 Å². The van der Waals surface area contributed by atoms with E-state index in [0.29, 0.717) is 16.8 Å². The SMILES string of the molecule is [B][B]B(B([B])[B])B(B(B([B])[B])B([B])[B])C1=C(B(B(B([B])[B])B([B])[B])B(B([B])[B])B([B])[B])OC(C)=C(C)C1B(B([B])B([B])[B])B(B([B])[B])B([B])[B]. The molecule has 1 aliphatic rings. The Morgan fingerprint density at radius 3 is 1.08 bits per heavy atom. The first-order chi connectivity index (χ1) is 22.9. The Labute approximate surface area is 343 Å². The van der Waals surface area contributed by atoms with Crippen molar-refractivity contribution in [2.45, 2.75) is 19.7 Å². The van der Waals surface area contributed by atoms with Gasteiger partial charge in [-0.3, -0.25) is 0 Å². The maximum Gasteiger partial charge on any atom is 0.125 e. The molecule has 0 fully saturated rings. The Hall–Kier alpha value is 2.01. The summed E-state index contributed by atoms with van der Waals surface area (Å²) in [5.41, 5.74) is 0.952. The number of ether oxygens (including phenoxy) is 1. The quantitative estimate of drug-likeness (QED) is 0.134. The van der Waals surface area contributed by atoms with E-state index in [0.717, 1.165) is 0 Å². The predicted octanol–water partition coefficient (Wildman–Crippen LogP) is -14.1. The van der Waals surface area contributed by atoms with Crippen LogP contribution in [0.5, 0.6) is 0 Å². The zero-order chi connectivity index (χ0) is 39.3. The van der Waals surface area contributed by atoms with Gasteiger partial charge >= 0.3 is 0 Å². The summed E-state index contributed by atoms with van der Waals surface area (Å²) in [4.78, 5) is 0. The van der Waals surface area contributed by atoms with Crippen molar-refractivity contribution in [1.82, 2.24) is 0 Å². The fourth-order valence-electron chi connectivity index (χ4n) is 7.74. The summed E-state index contributed by atoms with van der Waals surface area (Å²) in [7, 11) is 142. The van der Waals surface area contributed by atoms with Crippen molar-refractivity contribution in [3.05, 3.63) is 22.5 Å². The van der Waals surface area contributed by atoms with Crippen molar-refractivity contribution in [2.75, 3.05) is 0 Å². The van der Waals surface area contributed by atoms with Gasteiger partial charge in [-0.2, -0.15) is 0 Å². The summed E-state index contributed by atoms with van der Waals surface area (Å²) in [6.45, 7) is 0.249. The molecule has 1 nitrogen and oxygen atoms in total. The van der Waals surface area contributed by atoms with Gasteiger partial charge in [0.05, 0.1) is 18.7 Å². The average Bonchev–Trinajstić information content (AvgIpc) is 2.94. The maximum absolute atomic E-state index is 6.84. The molecular formula is C7H7B42O. The van der Waals surface area contributed by atoms with E-state index in [1.54, 1.807) is 13.8 Å². The first-order valence-corrected chi connectivity index (χ1v) is 16.4. The van der Waals surface area contributed by atoms with E-state index in [1.807, 2.05) is 0 Å². The molecule has 0 aliphatic carbocycles. The Kier molecular flexibility index (Phi) is 22.1. The third kappa shape index (κ3) is 12.0. The van der Waals surface area contributed by atoms with Gasteiger partial charge in [0.15, 0.2) is 0 Å². The number of hydrogen-bond donors (Lipinski definition) is 0. The molecule has 0 aromatic rings. The molecule has 1 aliphatic heterocycles. The zero-order valence-corrected chi connectivity index (χ0v) is 29.2. The van der Waals surface area contributed by atoms with Crippen LogP contribution >= 0.6 is 0 Å². The fraction of sp³-hybridized carbons (Fsp3) is 0.429. The second-order valence-electron chi connectivity index (χ2n) is 13.7. The third-order valence-electron chi connectivity index (χ3n) is 10.2. The molecule has 45 radical (unpaired) electrons. The Morgan fingerprint density at radius 1 is 0.460 bits per heavy atom. The lowest BCUT2D eigenvalue weighted by Gasteiger charge is -2.51. The minimum atomic E-state index is -1.22. The van der Waals surface area contributed by atoms with Crippen LogP contribution in [0.25, 0.3) is 0 Å². The normalized spacial score (nSPS) is 13.4. The highest BCUT2D eigenvalue weighted by Gasteiger charge is 2.54. The molecule has 1 heterocycles. The van der Waals surface area contributed by atoms with Crippen molar-refractivity contribution in [3.63, 3.8) is 0 Å². The first-order valence-electron chi connectivity index (χ1n) is 16.4. The van der Waals surface area contributed by atoms with Crippen molar-refractivity contribution >= 4 is 299 Å². The molecule has 167 valence electrons. The summed E-state index contributed by atoms with van der Waals surface area (Å²) in [5, 5.41) is 0. The second-order valence-corrected chi connectivity index (χ2v) is 13.7. The van der Waals surface area contributed by atoms with Gasteiger partial charge in [0.2, 0.25) is 0 Å². The molecular weight excluding hydrogens is 554 g/mol. The molecule has 0 amide bonds. The lowest BCUT2D eigenvalue weighted by atomic mass is 8.47. The van der Waals surface area contributed by atoms with Gasteiger partial charge in [0, 0.05) is 285 Å². The van der Waals surface area contributed by atoms with Crippen molar-refractivity contribution in [1.29, 1.82) is 0 Å². The summed E-state index contributed by atoms with van der Waals surface area (Å²) >= 11 is 0. The number of rotatable bonds is 20. The Morgan fingerprint density at radius 2 is 0.800 bits per heavy atom. The standard InChI is InChI=1S/C7H7B42O/c1-3-4(2)50-7(33(48(40(21)22)41(23)24)49(42(25)26)43(27)28)6(32(45(30-8)35(11)12)47(38(17)18)39(19)20)5(3)31(44(29)34(9)10)46(36(13)14)37(15)16/h5H,1-2H3. The highest BCUT2D eigenvalue weighted by molar-refractivity contribution is 8.10. The largest absolute Gasteiger partial charge is 0.479 e. The molecule has 0 spiro atoms. The van der Waals surface area contributed by atoms with Gasteiger partial charge < -0.3 is 4.74 Å². The number of allylic oxidation sites excluding steroid dienone is 3. The first kappa shape index (κ1) is 50.0. The molecule has 0 aromatic carbocycles. The van der Waals surface area contributed by atoms with E-state index in [4.69, 9.17) is 175 Å². The Balaban J connectivity index is 4.97. The van der Waals surface area contributed by atoms with Crippen molar-refractivity contribution in [2.24, 2.45) is 0 Å². The summed E-state index contributed by atoms with van der Waals surface area (Å²) in [6, 6.07) is 0. The van der Waals surface area contributed by atoms with Crippen LogP contribution in [-0.4, -0.2) is 299 Å². The minimum Gasteiger partial charge on any atom is -0.479 e. The number of hydrogen-bond acceptors (Lipinski definition) is 1. The third-order valence-corrected chi connectivity index (χ3v) is 10.2. The maximum atomic E-state index is 6.84. The van der Waals surface area contributed by atoms with Crippen LogP contribution in [0.15, 0.2) is 22.5 Å². The van der Waals surface area contributed by atoms with Crippen molar-refractivity contribution in [3.8, 4) is 0 Å². The molecule has 0 saturated heterocycles. The van der Waals surface area contributed by atoms with E-state index < -0.39 is 127 Å². The van der Waals surface area contributed by atoms with Crippen LogP contribution in [0.2, 0.25) is 5.82 Å². The lowest BCUT2D eigenvalue weighted by molar-refractivity contribution is 0.318. The van der Waals surface area contributed by atoms with Gasteiger partial charge in [-0.05, 0) is 25.2 Å². The summed E-state index contributed by atoms with van der Waals surface area (Å²) in [5.74, 6) is -0.602. The molecule has 0 bridgehead atoms. The average molecular weight is 561 g/mol. The molecule has 50 heavy (non-hydrogen) atoms. The molecule has 0 saturated carbocycles. The van der Waals surface area contributed by atoms with E-state index in [9.17, 15) is 0 Å². The van der Waals surface area contributed by atoms with Gasteiger partial charge in [-0.15, -0.1) is 0 Å². The predicted molar refractivity (Wildman–Crippen MR) is 272 cm³/mol. The molecule has 43 heteroatoms. The monoisotopic (exact) mass is 569 g/mol. The van der Waals surface area contributed by atoms with Crippen molar-refractivity contribution < 1.29 is 4.74 Å². The molecule has 0 N–H and O–H groups in total. The van der Waals surface area contributed by atoms with Crippen LogP contribution in [0.3, 0.4) is 0 Å². The molecule has 1 rings (SSSR count). The van der Waals surface area contributed by atoms with Gasteiger partial charge in [0.25, 0.3) is 0 Å².